The van der Waals surface area contributed by atoms with Crippen molar-refractivity contribution < 1.29 is 14.1 Å². The minimum absolute atomic E-state index is 0.0229. The Balaban J connectivity index is 1.85. The van der Waals surface area contributed by atoms with E-state index < -0.39 is 16.5 Å². The molecular formula is C14H10ClN7O4. The van der Waals surface area contributed by atoms with Gasteiger partial charge in [0, 0.05) is 6.20 Å². The van der Waals surface area contributed by atoms with E-state index in [-0.39, 0.29) is 22.5 Å². The van der Waals surface area contributed by atoms with Gasteiger partial charge in [-0.1, -0.05) is 11.6 Å². The first-order chi connectivity index (χ1) is 12.6. The molecule has 0 aliphatic heterocycles. The van der Waals surface area contributed by atoms with Gasteiger partial charge >= 0.3 is 11.6 Å². The van der Waals surface area contributed by atoms with Crippen LogP contribution in [0.25, 0.3) is 0 Å². The van der Waals surface area contributed by atoms with Crippen molar-refractivity contribution in [1.82, 2.24) is 20.4 Å². The van der Waals surface area contributed by atoms with Gasteiger partial charge in [0.25, 0.3) is 0 Å². The summed E-state index contributed by atoms with van der Waals surface area (Å²) in [6, 6.07) is 6.14. The lowest BCUT2D eigenvalue weighted by Gasteiger charge is -2.10. The molecule has 0 aliphatic rings. The number of pyridine rings is 1. The van der Waals surface area contributed by atoms with Gasteiger partial charge in [-0.2, -0.15) is 0 Å². The van der Waals surface area contributed by atoms with Crippen LogP contribution >= 0.6 is 11.6 Å². The van der Waals surface area contributed by atoms with E-state index in [1.54, 1.807) is 12.1 Å². The van der Waals surface area contributed by atoms with E-state index in [9.17, 15) is 14.9 Å². The molecule has 3 rings (SSSR count). The molecule has 3 aromatic rings. The van der Waals surface area contributed by atoms with E-state index in [0.29, 0.717) is 5.69 Å². The lowest BCUT2D eigenvalue weighted by Crippen LogP contribution is -2.30. The standard InChI is InChI=1S/C14H10ClN7O4/c15-11-8(3-1-5-16-11)19-12-10(22(24)25)13(18-7-17-12)20-21-14(23)9-4-2-6-26-9/h1-7H,(H,21,23)(H2,17,18,19,20). The monoisotopic (exact) mass is 375 g/mol. The van der Waals surface area contributed by atoms with Crippen LogP contribution in [0.15, 0.2) is 47.5 Å². The summed E-state index contributed by atoms with van der Waals surface area (Å²) in [5, 5.41) is 14.3. The molecule has 3 N–H and O–H groups in total. The Kier molecular flexibility index (Phi) is 4.90. The van der Waals surface area contributed by atoms with Crippen LogP contribution in [0, 0.1) is 10.1 Å². The molecule has 0 radical (unpaired) electrons. The second kappa shape index (κ2) is 7.44. The number of halogens is 1. The van der Waals surface area contributed by atoms with Crippen molar-refractivity contribution in [3.63, 3.8) is 0 Å². The van der Waals surface area contributed by atoms with Crippen LogP contribution < -0.4 is 16.2 Å². The number of aromatic nitrogens is 3. The third kappa shape index (κ3) is 3.67. The summed E-state index contributed by atoms with van der Waals surface area (Å²) in [6.45, 7) is 0. The first kappa shape index (κ1) is 17.1. The maximum atomic E-state index is 11.9. The van der Waals surface area contributed by atoms with E-state index in [4.69, 9.17) is 16.0 Å². The molecule has 132 valence electrons. The molecule has 26 heavy (non-hydrogen) atoms. The van der Waals surface area contributed by atoms with Gasteiger partial charge in [0.05, 0.1) is 16.9 Å². The van der Waals surface area contributed by atoms with Gasteiger partial charge in [-0.05, 0) is 24.3 Å². The fraction of sp³-hybridized carbons (Fsp3) is 0. The molecule has 0 aliphatic carbocycles. The molecular weight excluding hydrogens is 366 g/mol. The molecule has 0 spiro atoms. The summed E-state index contributed by atoms with van der Waals surface area (Å²) in [4.78, 5) is 34.1. The van der Waals surface area contributed by atoms with Crippen LogP contribution in [-0.2, 0) is 0 Å². The average molecular weight is 376 g/mol. The smallest absolute Gasteiger partial charge is 0.355 e. The Morgan fingerprint density at radius 2 is 2.00 bits per heavy atom. The van der Waals surface area contributed by atoms with Crippen molar-refractivity contribution in [2.45, 2.75) is 0 Å². The van der Waals surface area contributed by atoms with Crippen LogP contribution in [0.5, 0.6) is 0 Å². The topological polar surface area (TPSA) is 148 Å². The van der Waals surface area contributed by atoms with Crippen molar-refractivity contribution in [1.29, 1.82) is 0 Å². The van der Waals surface area contributed by atoms with Crippen LogP contribution in [0.3, 0.4) is 0 Å². The molecule has 0 saturated carbocycles. The molecule has 0 unspecified atom stereocenters. The number of carbonyl (C=O) groups is 1. The van der Waals surface area contributed by atoms with Crippen molar-refractivity contribution in [2.24, 2.45) is 0 Å². The minimum Gasteiger partial charge on any atom is -0.459 e. The number of rotatable bonds is 6. The molecule has 0 bridgehead atoms. The number of anilines is 3. The minimum atomic E-state index is -0.700. The van der Waals surface area contributed by atoms with Gasteiger partial charge in [-0.3, -0.25) is 25.8 Å². The lowest BCUT2D eigenvalue weighted by atomic mass is 10.3. The van der Waals surface area contributed by atoms with E-state index in [2.05, 4.69) is 31.1 Å². The van der Waals surface area contributed by atoms with Crippen LogP contribution in [0.1, 0.15) is 10.6 Å². The molecule has 3 aromatic heterocycles. The van der Waals surface area contributed by atoms with Gasteiger partial charge < -0.3 is 9.73 Å². The van der Waals surface area contributed by atoms with Crippen LogP contribution in [0.4, 0.5) is 23.0 Å². The zero-order valence-electron chi connectivity index (χ0n) is 12.8. The van der Waals surface area contributed by atoms with Crippen molar-refractivity contribution in [2.75, 3.05) is 10.7 Å². The zero-order chi connectivity index (χ0) is 18.5. The second-order valence-corrected chi connectivity index (χ2v) is 5.06. The largest absolute Gasteiger partial charge is 0.459 e. The van der Waals surface area contributed by atoms with E-state index >= 15 is 0 Å². The Labute approximate surface area is 150 Å². The maximum absolute atomic E-state index is 11.9. The van der Waals surface area contributed by atoms with Gasteiger partial charge in [0.1, 0.15) is 6.33 Å². The first-order valence-electron chi connectivity index (χ1n) is 7.03. The summed E-state index contributed by atoms with van der Waals surface area (Å²) in [5.41, 5.74) is 4.47. The normalized spacial score (nSPS) is 10.2. The Morgan fingerprint density at radius 3 is 2.69 bits per heavy atom. The number of nitro groups is 1. The van der Waals surface area contributed by atoms with E-state index in [1.165, 1.54) is 24.6 Å². The number of nitrogens with one attached hydrogen (secondary N) is 3. The molecule has 3 heterocycles. The molecule has 0 saturated heterocycles. The predicted octanol–water partition coefficient (Wildman–Crippen LogP) is 2.53. The Bertz CT molecular complexity index is 948. The quantitative estimate of drug-likeness (QED) is 0.335. The van der Waals surface area contributed by atoms with Gasteiger partial charge in [-0.15, -0.1) is 0 Å². The molecule has 11 nitrogen and oxygen atoms in total. The fourth-order valence-electron chi connectivity index (χ4n) is 1.93. The van der Waals surface area contributed by atoms with Crippen LogP contribution in [-0.4, -0.2) is 25.8 Å². The fourth-order valence-corrected chi connectivity index (χ4v) is 2.09. The summed E-state index contributed by atoms with van der Waals surface area (Å²) < 4.78 is 4.92. The van der Waals surface area contributed by atoms with E-state index in [1.807, 2.05) is 0 Å². The molecule has 0 fully saturated rings. The number of hydrogen-bond donors (Lipinski definition) is 3. The average Bonchev–Trinajstić information content (AvgIpc) is 3.16. The summed E-state index contributed by atoms with van der Waals surface area (Å²) in [6.07, 6.45) is 3.88. The lowest BCUT2D eigenvalue weighted by molar-refractivity contribution is -0.383. The van der Waals surface area contributed by atoms with Crippen molar-refractivity contribution in [3.8, 4) is 0 Å². The molecule has 12 heteroatoms. The number of furan rings is 1. The van der Waals surface area contributed by atoms with Crippen molar-refractivity contribution in [3.05, 3.63) is 64.1 Å². The SMILES string of the molecule is O=C(NNc1ncnc(Nc2cccnc2Cl)c1[N+](=O)[O-])c1ccco1. The molecule has 0 aromatic carbocycles. The first-order valence-corrected chi connectivity index (χ1v) is 7.41. The number of carbonyl (C=O) groups excluding carboxylic acids is 1. The zero-order valence-corrected chi connectivity index (χ0v) is 13.6. The predicted molar refractivity (Wildman–Crippen MR) is 91.0 cm³/mol. The Hall–Kier alpha value is -3.73. The van der Waals surface area contributed by atoms with Gasteiger partial charge in [0.15, 0.2) is 10.9 Å². The number of amides is 1. The molecule has 1 amide bonds. The number of hydrogen-bond acceptors (Lipinski definition) is 9. The summed E-state index contributed by atoms with van der Waals surface area (Å²) in [7, 11) is 0. The maximum Gasteiger partial charge on any atom is 0.355 e. The van der Waals surface area contributed by atoms with Gasteiger partial charge in [-0.25, -0.2) is 15.0 Å². The third-order valence-electron chi connectivity index (χ3n) is 3.06. The summed E-state index contributed by atoms with van der Waals surface area (Å²) >= 11 is 5.94. The van der Waals surface area contributed by atoms with Crippen LogP contribution in [0.2, 0.25) is 5.15 Å². The second-order valence-electron chi connectivity index (χ2n) is 4.70. The Morgan fingerprint density at radius 1 is 1.19 bits per heavy atom. The molecule has 0 atom stereocenters. The van der Waals surface area contributed by atoms with Gasteiger partial charge in [0.2, 0.25) is 11.6 Å². The highest BCUT2D eigenvalue weighted by Gasteiger charge is 2.24. The highest BCUT2D eigenvalue weighted by atomic mass is 35.5. The summed E-state index contributed by atoms with van der Waals surface area (Å²) in [5.74, 6) is -0.968. The highest BCUT2D eigenvalue weighted by molar-refractivity contribution is 6.32. The van der Waals surface area contributed by atoms with Crippen molar-refractivity contribution >= 4 is 40.5 Å². The third-order valence-corrected chi connectivity index (χ3v) is 3.36. The van der Waals surface area contributed by atoms with E-state index in [0.717, 1.165) is 6.33 Å². The number of hydrazine groups is 1. The number of nitrogens with zero attached hydrogens (tertiary/aromatic N) is 4. The highest BCUT2D eigenvalue weighted by Crippen LogP contribution is 2.32.